The average Bonchev–Trinajstić information content (AvgIpc) is 3.20. The van der Waals surface area contributed by atoms with Crippen LogP contribution in [0.3, 0.4) is 0 Å². The fourth-order valence-electron chi connectivity index (χ4n) is 2.95. The number of hydrogen-bond donors (Lipinski definition) is 1. The van der Waals surface area contributed by atoms with Gasteiger partial charge in [-0.15, -0.1) is 0 Å². The lowest BCUT2D eigenvalue weighted by Crippen LogP contribution is -2.30. The van der Waals surface area contributed by atoms with Crippen molar-refractivity contribution >= 4 is 17.7 Å². The molecule has 0 saturated carbocycles. The van der Waals surface area contributed by atoms with Crippen LogP contribution in [-0.2, 0) is 16.1 Å². The molecule has 0 radical (unpaired) electrons. The molecule has 7 nitrogen and oxygen atoms in total. The average molecular weight is 381 g/mol. The summed E-state index contributed by atoms with van der Waals surface area (Å²) in [4.78, 5) is 24.8. The lowest BCUT2D eigenvalue weighted by atomic mass is 10.2. The molecule has 3 aromatic rings. The molecule has 1 amide bonds. The van der Waals surface area contributed by atoms with Gasteiger partial charge in [-0.3, -0.25) is 4.79 Å². The molecule has 1 N–H and O–H groups in total. The van der Waals surface area contributed by atoms with Crippen LogP contribution in [0.2, 0.25) is 0 Å². The van der Waals surface area contributed by atoms with Gasteiger partial charge in [-0.2, -0.15) is 0 Å². The van der Waals surface area contributed by atoms with Gasteiger partial charge in [-0.25, -0.2) is 4.79 Å². The molecule has 1 atom stereocenters. The van der Waals surface area contributed by atoms with Crippen molar-refractivity contribution in [3.8, 4) is 0 Å². The zero-order valence-corrected chi connectivity index (χ0v) is 16.4. The van der Waals surface area contributed by atoms with Crippen LogP contribution in [0.25, 0.3) is 0 Å². The van der Waals surface area contributed by atoms with Gasteiger partial charge >= 0.3 is 5.97 Å². The summed E-state index contributed by atoms with van der Waals surface area (Å²) in [6.07, 6.45) is -0.971. The van der Waals surface area contributed by atoms with E-state index in [-0.39, 0.29) is 5.82 Å². The Balaban J connectivity index is 1.68. The standard InChI is InChI=1S/C21H23N3O4/c1-13-10-18(15(3)24(13)12-17-8-6-5-7-9-17)21(26)27-16(4)20(25)22-19-11-14(2)28-23-19/h5-11,16H,12H2,1-4H3,(H,22,23,25)/t16-/m0/s1. The van der Waals surface area contributed by atoms with E-state index in [9.17, 15) is 9.59 Å². The minimum absolute atomic E-state index is 0.284. The van der Waals surface area contributed by atoms with Gasteiger partial charge in [0.05, 0.1) is 5.56 Å². The normalized spacial score (nSPS) is 11.9. The summed E-state index contributed by atoms with van der Waals surface area (Å²) >= 11 is 0. The van der Waals surface area contributed by atoms with Gasteiger partial charge < -0.3 is 19.1 Å². The maximum absolute atomic E-state index is 12.6. The molecule has 146 valence electrons. The van der Waals surface area contributed by atoms with Gasteiger partial charge in [0.15, 0.2) is 11.9 Å². The van der Waals surface area contributed by atoms with Crippen LogP contribution >= 0.6 is 0 Å². The molecular formula is C21H23N3O4. The molecule has 0 bridgehead atoms. The highest BCUT2D eigenvalue weighted by molar-refractivity contribution is 5.97. The topological polar surface area (TPSA) is 86.4 Å². The fourth-order valence-corrected chi connectivity index (χ4v) is 2.95. The third-order valence-electron chi connectivity index (χ3n) is 4.51. The third kappa shape index (κ3) is 4.31. The minimum atomic E-state index is -0.971. The zero-order valence-electron chi connectivity index (χ0n) is 16.4. The molecule has 0 aliphatic rings. The highest BCUT2D eigenvalue weighted by Gasteiger charge is 2.23. The van der Waals surface area contributed by atoms with Crippen molar-refractivity contribution in [3.05, 3.63) is 70.7 Å². The number of anilines is 1. The Kier molecular flexibility index (Phi) is 5.63. The number of amides is 1. The molecule has 0 saturated heterocycles. The van der Waals surface area contributed by atoms with Gasteiger partial charge in [0.25, 0.3) is 5.91 Å². The number of carbonyl (C=O) groups excluding carboxylic acids is 2. The van der Waals surface area contributed by atoms with E-state index in [1.807, 2.05) is 44.2 Å². The maximum Gasteiger partial charge on any atom is 0.340 e. The Bertz CT molecular complexity index is 989. The van der Waals surface area contributed by atoms with E-state index in [1.165, 1.54) is 6.92 Å². The number of aromatic nitrogens is 2. The lowest BCUT2D eigenvalue weighted by Gasteiger charge is -2.13. The van der Waals surface area contributed by atoms with E-state index < -0.39 is 18.0 Å². The third-order valence-corrected chi connectivity index (χ3v) is 4.51. The molecular weight excluding hydrogens is 358 g/mol. The number of rotatable bonds is 6. The Labute approximate surface area is 163 Å². The summed E-state index contributed by atoms with van der Waals surface area (Å²) in [5, 5.41) is 6.25. The molecule has 0 aliphatic heterocycles. The minimum Gasteiger partial charge on any atom is -0.449 e. The fraction of sp³-hybridized carbons (Fsp3) is 0.286. The Morgan fingerprint density at radius 2 is 1.89 bits per heavy atom. The molecule has 28 heavy (non-hydrogen) atoms. The predicted octanol–water partition coefficient (Wildman–Crippen LogP) is 3.63. The van der Waals surface area contributed by atoms with Gasteiger partial charge in [0, 0.05) is 24.0 Å². The van der Waals surface area contributed by atoms with E-state index in [2.05, 4.69) is 15.0 Å². The first-order valence-corrected chi connectivity index (χ1v) is 9.01. The monoisotopic (exact) mass is 381 g/mol. The Morgan fingerprint density at radius 1 is 1.18 bits per heavy atom. The second kappa shape index (κ2) is 8.12. The molecule has 0 unspecified atom stereocenters. The summed E-state index contributed by atoms with van der Waals surface area (Å²) in [7, 11) is 0. The van der Waals surface area contributed by atoms with Crippen LogP contribution in [0.1, 0.15) is 40.0 Å². The van der Waals surface area contributed by atoms with Gasteiger partial charge in [-0.05, 0) is 39.3 Å². The molecule has 0 aliphatic carbocycles. The van der Waals surface area contributed by atoms with E-state index in [0.717, 1.165) is 17.0 Å². The Morgan fingerprint density at radius 3 is 2.54 bits per heavy atom. The number of hydrogen-bond acceptors (Lipinski definition) is 5. The molecule has 0 fully saturated rings. The Hall–Kier alpha value is -3.35. The van der Waals surface area contributed by atoms with E-state index >= 15 is 0 Å². The number of ether oxygens (including phenoxy) is 1. The summed E-state index contributed by atoms with van der Waals surface area (Å²) in [5.41, 5.74) is 3.33. The highest BCUT2D eigenvalue weighted by atomic mass is 16.5. The van der Waals surface area contributed by atoms with Crippen molar-refractivity contribution < 1.29 is 18.8 Å². The van der Waals surface area contributed by atoms with Crippen molar-refractivity contribution in [1.29, 1.82) is 0 Å². The van der Waals surface area contributed by atoms with Crippen LogP contribution in [0.15, 0.2) is 47.0 Å². The molecule has 3 rings (SSSR count). The smallest absolute Gasteiger partial charge is 0.340 e. The maximum atomic E-state index is 12.6. The summed E-state index contributed by atoms with van der Waals surface area (Å²) in [5.74, 6) is -0.150. The molecule has 2 aromatic heterocycles. The second-order valence-electron chi connectivity index (χ2n) is 6.72. The molecule has 2 heterocycles. The SMILES string of the molecule is Cc1cc(NC(=O)[C@H](C)OC(=O)c2cc(C)n(Cc3ccccc3)c2C)no1. The van der Waals surface area contributed by atoms with Gasteiger partial charge in [0.2, 0.25) is 0 Å². The number of benzene rings is 1. The lowest BCUT2D eigenvalue weighted by molar-refractivity contribution is -0.123. The van der Waals surface area contributed by atoms with E-state index in [4.69, 9.17) is 9.26 Å². The summed E-state index contributed by atoms with van der Waals surface area (Å²) < 4.78 is 12.3. The zero-order chi connectivity index (χ0) is 20.3. The summed E-state index contributed by atoms with van der Waals surface area (Å²) in [6, 6.07) is 13.4. The van der Waals surface area contributed by atoms with Crippen LogP contribution in [-0.4, -0.2) is 27.7 Å². The van der Waals surface area contributed by atoms with Crippen molar-refractivity contribution in [3.63, 3.8) is 0 Å². The number of nitrogens with one attached hydrogen (secondary N) is 1. The first-order chi connectivity index (χ1) is 13.3. The quantitative estimate of drug-likeness (QED) is 0.659. The second-order valence-corrected chi connectivity index (χ2v) is 6.72. The van der Waals surface area contributed by atoms with Crippen molar-refractivity contribution in [2.75, 3.05) is 5.32 Å². The number of aryl methyl sites for hydroxylation is 2. The van der Waals surface area contributed by atoms with Crippen molar-refractivity contribution in [1.82, 2.24) is 9.72 Å². The van der Waals surface area contributed by atoms with E-state index in [0.29, 0.717) is 17.9 Å². The molecule has 0 spiro atoms. The van der Waals surface area contributed by atoms with Gasteiger partial charge in [0.1, 0.15) is 5.76 Å². The molecule has 1 aromatic carbocycles. The van der Waals surface area contributed by atoms with Crippen LogP contribution in [0, 0.1) is 20.8 Å². The molecule has 7 heteroatoms. The number of nitrogens with zero attached hydrogens (tertiary/aromatic N) is 2. The summed E-state index contributed by atoms with van der Waals surface area (Å²) in [6.45, 7) is 7.71. The predicted molar refractivity (Wildman–Crippen MR) is 104 cm³/mol. The first-order valence-electron chi connectivity index (χ1n) is 9.01. The largest absolute Gasteiger partial charge is 0.449 e. The van der Waals surface area contributed by atoms with Crippen LogP contribution < -0.4 is 5.32 Å². The van der Waals surface area contributed by atoms with Crippen molar-refractivity contribution in [2.45, 2.75) is 40.3 Å². The van der Waals surface area contributed by atoms with Crippen LogP contribution in [0.5, 0.6) is 0 Å². The van der Waals surface area contributed by atoms with Gasteiger partial charge in [-0.1, -0.05) is 35.5 Å². The number of esters is 1. The van der Waals surface area contributed by atoms with E-state index in [1.54, 1.807) is 19.1 Å². The van der Waals surface area contributed by atoms with Crippen molar-refractivity contribution in [2.24, 2.45) is 0 Å². The van der Waals surface area contributed by atoms with Crippen LogP contribution in [0.4, 0.5) is 5.82 Å². The number of carbonyl (C=O) groups is 2. The first kappa shape index (κ1) is 19.4. The highest BCUT2D eigenvalue weighted by Crippen LogP contribution is 2.19.